The van der Waals surface area contributed by atoms with Gasteiger partial charge >= 0.3 is 0 Å². The minimum absolute atomic E-state index is 0.131. The van der Waals surface area contributed by atoms with Crippen molar-refractivity contribution in [3.63, 3.8) is 0 Å². The average molecular weight is 327 g/mol. The van der Waals surface area contributed by atoms with Crippen molar-refractivity contribution in [3.8, 4) is 0 Å². The predicted octanol–water partition coefficient (Wildman–Crippen LogP) is 3.93. The van der Waals surface area contributed by atoms with Crippen molar-refractivity contribution in [1.82, 2.24) is 4.31 Å². The Morgan fingerprint density at radius 3 is 2.30 bits per heavy atom. The van der Waals surface area contributed by atoms with Crippen LogP contribution in [0.25, 0.3) is 0 Å². The molecule has 0 aromatic heterocycles. The zero-order valence-corrected chi connectivity index (χ0v) is 14.2. The maximum atomic E-state index is 13.1. The summed E-state index contributed by atoms with van der Waals surface area (Å²) < 4.78 is 27.8. The van der Waals surface area contributed by atoms with Crippen molar-refractivity contribution in [3.05, 3.63) is 77.9 Å². The van der Waals surface area contributed by atoms with E-state index >= 15 is 0 Å². The van der Waals surface area contributed by atoms with Gasteiger partial charge in [0.15, 0.2) is 0 Å². The highest BCUT2D eigenvalue weighted by atomic mass is 32.2. The molecule has 0 saturated carbocycles. The molecule has 0 spiro atoms. The van der Waals surface area contributed by atoms with Crippen LogP contribution in [0.5, 0.6) is 0 Å². The first kappa shape index (κ1) is 16.0. The van der Waals surface area contributed by atoms with E-state index in [0.29, 0.717) is 11.4 Å². The molecule has 120 valence electrons. The molecule has 0 amide bonds. The van der Waals surface area contributed by atoms with Gasteiger partial charge in [0.05, 0.1) is 10.9 Å². The summed E-state index contributed by atoms with van der Waals surface area (Å²) in [6, 6.07) is 16.7. The van der Waals surface area contributed by atoms with Crippen LogP contribution < -0.4 is 0 Å². The summed E-state index contributed by atoms with van der Waals surface area (Å²) in [5, 5.41) is 0. The Hall–Kier alpha value is -1.91. The maximum absolute atomic E-state index is 13.1. The van der Waals surface area contributed by atoms with Crippen LogP contribution in [0, 0.1) is 12.8 Å². The molecule has 2 atom stereocenters. The van der Waals surface area contributed by atoms with E-state index in [-0.39, 0.29) is 12.0 Å². The first-order valence-corrected chi connectivity index (χ1v) is 9.24. The third-order valence-electron chi connectivity index (χ3n) is 4.30. The lowest BCUT2D eigenvalue weighted by atomic mass is 9.92. The SMILES string of the molecule is Cc1ccc(S(=O)(=O)N2CC=C[C@H](C)[C@@H]2c2ccccc2)cc1. The van der Waals surface area contributed by atoms with Crippen molar-refractivity contribution in [2.75, 3.05) is 6.54 Å². The minimum Gasteiger partial charge on any atom is -0.207 e. The van der Waals surface area contributed by atoms with Gasteiger partial charge in [0.2, 0.25) is 10.0 Å². The molecular weight excluding hydrogens is 306 g/mol. The zero-order valence-electron chi connectivity index (χ0n) is 13.4. The normalized spacial score (nSPS) is 22.2. The van der Waals surface area contributed by atoms with Gasteiger partial charge in [-0.3, -0.25) is 0 Å². The Bertz CT molecular complexity index is 795. The van der Waals surface area contributed by atoms with Crippen LogP contribution in [0.4, 0.5) is 0 Å². The van der Waals surface area contributed by atoms with Crippen LogP contribution in [-0.2, 0) is 10.0 Å². The summed E-state index contributed by atoms with van der Waals surface area (Å²) >= 11 is 0. The lowest BCUT2D eigenvalue weighted by Gasteiger charge is -2.36. The van der Waals surface area contributed by atoms with E-state index in [1.807, 2.05) is 55.5 Å². The molecule has 0 aliphatic carbocycles. The molecule has 0 saturated heterocycles. The Kier molecular flexibility index (Phi) is 4.37. The fraction of sp³-hybridized carbons (Fsp3) is 0.263. The second kappa shape index (κ2) is 6.30. The molecule has 0 N–H and O–H groups in total. The monoisotopic (exact) mass is 327 g/mol. The number of aryl methyl sites for hydroxylation is 1. The van der Waals surface area contributed by atoms with E-state index in [1.165, 1.54) is 0 Å². The van der Waals surface area contributed by atoms with E-state index in [0.717, 1.165) is 11.1 Å². The summed E-state index contributed by atoms with van der Waals surface area (Å²) in [5.41, 5.74) is 2.08. The topological polar surface area (TPSA) is 37.4 Å². The highest BCUT2D eigenvalue weighted by molar-refractivity contribution is 7.89. The largest absolute Gasteiger partial charge is 0.243 e. The van der Waals surface area contributed by atoms with E-state index in [1.54, 1.807) is 16.4 Å². The fourth-order valence-electron chi connectivity index (χ4n) is 3.07. The molecular formula is C19H21NO2S. The second-order valence-corrected chi connectivity index (χ2v) is 7.92. The van der Waals surface area contributed by atoms with Crippen LogP contribution in [0.3, 0.4) is 0 Å². The van der Waals surface area contributed by atoms with Crippen LogP contribution in [0.15, 0.2) is 71.6 Å². The smallest absolute Gasteiger partial charge is 0.207 e. The standard InChI is InChI=1S/C19H21NO2S/c1-15-10-12-18(13-11-15)23(21,22)20-14-6-7-16(2)19(20)17-8-4-3-5-9-17/h3-13,16,19H,14H2,1-2H3/t16-,19+/m0/s1. The van der Waals surface area contributed by atoms with Crippen LogP contribution >= 0.6 is 0 Å². The van der Waals surface area contributed by atoms with Gasteiger partial charge in [0, 0.05) is 6.54 Å². The minimum atomic E-state index is -3.53. The molecule has 2 aromatic carbocycles. The number of hydrogen-bond acceptors (Lipinski definition) is 2. The molecule has 0 bridgehead atoms. The molecule has 1 aliphatic heterocycles. The predicted molar refractivity (Wildman–Crippen MR) is 92.6 cm³/mol. The Balaban J connectivity index is 2.05. The summed E-state index contributed by atoms with van der Waals surface area (Å²) in [6.45, 7) is 4.42. The summed E-state index contributed by atoms with van der Waals surface area (Å²) in [7, 11) is -3.53. The van der Waals surface area contributed by atoms with E-state index in [9.17, 15) is 8.42 Å². The fourth-order valence-corrected chi connectivity index (χ4v) is 4.72. The molecule has 23 heavy (non-hydrogen) atoms. The van der Waals surface area contributed by atoms with Crippen molar-refractivity contribution in [2.24, 2.45) is 5.92 Å². The van der Waals surface area contributed by atoms with Crippen molar-refractivity contribution in [1.29, 1.82) is 0 Å². The molecule has 3 rings (SSSR count). The first-order chi connectivity index (χ1) is 11.0. The molecule has 1 aliphatic rings. The van der Waals surface area contributed by atoms with E-state index in [2.05, 4.69) is 13.0 Å². The number of hydrogen-bond donors (Lipinski definition) is 0. The summed E-state index contributed by atoms with van der Waals surface area (Å²) in [6.07, 6.45) is 4.04. The van der Waals surface area contributed by atoms with Crippen molar-refractivity contribution >= 4 is 10.0 Å². The Morgan fingerprint density at radius 1 is 1.00 bits per heavy atom. The summed E-state index contributed by atoms with van der Waals surface area (Å²) in [4.78, 5) is 0.353. The van der Waals surface area contributed by atoms with E-state index in [4.69, 9.17) is 0 Å². The van der Waals surface area contributed by atoms with Crippen molar-refractivity contribution in [2.45, 2.75) is 24.8 Å². The molecule has 0 radical (unpaired) electrons. The van der Waals surface area contributed by atoms with E-state index < -0.39 is 10.0 Å². The third kappa shape index (κ3) is 3.09. The second-order valence-electron chi connectivity index (χ2n) is 6.03. The highest BCUT2D eigenvalue weighted by Gasteiger charge is 2.36. The quantitative estimate of drug-likeness (QED) is 0.801. The van der Waals surface area contributed by atoms with Gasteiger partial charge in [0.1, 0.15) is 0 Å². The summed E-state index contributed by atoms with van der Waals surface area (Å²) in [5.74, 6) is 0.131. The van der Waals surface area contributed by atoms with Crippen LogP contribution in [0.1, 0.15) is 24.1 Å². The third-order valence-corrected chi connectivity index (χ3v) is 6.16. The molecule has 1 heterocycles. The van der Waals surface area contributed by atoms with Gasteiger partial charge in [-0.2, -0.15) is 4.31 Å². The Morgan fingerprint density at radius 2 is 1.65 bits per heavy atom. The molecule has 0 unspecified atom stereocenters. The van der Waals surface area contributed by atoms with Gasteiger partial charge in [-0.25, -0.2) is 8.42 Å². The molecule has 0 fully saturated rings. The van der Waals surface area contributed by atoms with Crippen LogP contribution in [0.2, 0.25) is 0 Å². The van der Waals surface area contributed by atoms with Crippen LogP contribution in [-0.4, -0.2) is 19.3 Å². The molecule has 4 heteroatoms. The lowest BCUT2D eigenvalue weighted by molar-refractivity contribution is 0.284. The zero-order chi connectivity index (χ0) is 16.4. The maximum Gasteiger partial charge on any atom is 0.243 e. The highest BCUT2D eigenvalue weighted by Crippen LogP contribution is 2.36. The van der Waals surface area contributed by atoms with Gasteiger partial charge < -0.3 is 0 Å². The lowest BCUT2D eigenvalue weighted by Crippen LogP contribution is -2.40. The average Bonchev–Trinajstić information content (AvgIpc) is 2.56. The van der Waals surface area contributed by atoms with Gasteiger partial charge in [-0.05, 0) is 30.5 Å². The number of sulfonamides is 1. The molecule has 2 aromatic rings. The molecule has 3 nitrogen and oxygen atoms in total. The Labute approximate surface area is 138 Å². The van der Waals surface area contributed by atoms with Gasteiger partial charge in [-0.1, -0.05) is 67.1 Å². The van der Waals surface area contributed by atoms with Gasteiger partial charge in [-0.15, -0.1) is 0 Å². The number of nitrogens with zero attached hydrogens (tertiary/aromatic N) is 1. The first-order valence-electron chi connectivity index (χ1n) is 7.80. The number of benzene rings is 2. The van der Waals surface area contributed by atoms with Crippen molar-refractivity contribution < 1.29 is 8.42 Å². The number of rotatable bonds is 3. The van der Waals surface area contributed by atoms with Gasteiger partial charge in [0.25, 0.3) is 0 Å².